The molecule has 0 saturated carbocycles. The molecule has 0 spiro atoms. The Morgan fingerprint density at radius 1 is 1.21 bits per heavy atom. The lowest BCUT2D eigenvalue weighted by molar-refractivity contribution is -0.127. The van der Waals surface area contributed by atoms with Gasteiger partial charge in [0.1, 0.15) is 11.9 Å². The zero-order valence-corrected chi connectivity index (χ0v) is 15.7. The first-order valence-electron chi connectivity index (χ1n) is 9.72. The summed E-state index contributed by atoms with van der Waals surface area (Å²) in [4.78, 5) is 34.1. The molecule has 9 heteroatoms. The van der Waals surface area contributed by atoms with Crippen molar-refractivity contribution in [3.05, 3.63) is 64.6 Å². The van der Waals surface area contributed by atoms with Gasteiger partial charge in [-0.25, -0.2) is 4.98 Å². The second-order valence-electron chi connectivity index (χ2n) is 7.51. The standard InChI is InChI=1S/C20H21N7O2/c28-17-3-1-2-15-13-8-14(10-22-9-13)18(27(15)17)20(29)23-11-16-24-19(26-25-16)12-4-6-21-7-5-12/h1-7,13-14,18,22H,8-11H2,(H,23,29)(H,24,25,26)/t13-,14+,18-/m1/s1. The molecule has 29 heavy (non-hydrogen) atoms. The molecule has 2 bridgehead atoms. The van der Waals surface area contributed by atoms with Gasteiger partial charge in [-0.2, -0.15) is 5.10 Å². The van der Waals surface area contributed by atoms with Crippen molar-refractivity contribution in [2.75, 3.05) is 13.1 Å². The number of H-pyrrole nitrogens is 1. The molecule has 0 unspecified atom stereocenters. The Morgan fingerprint density at radius 3 is 2.93 bits per heavy atom. The van der Waals surface area contributed by atoms with E-state index in [2.05, 4.69) is 30.8 Å². The molecule has 2 aliphatic heterocycles. The third-order valence-electron chi connectivity index (χ3n) is 5.72. The van der Waals surface area contributed by atoms with Gasteiger partial charge in [-0.3, -0.25) is 24.2 Å². The van der Waals surface area contributed by atoms with E-state index in [1.165, 1.54) is 6.07 Å². The minimum atomic E-state index is -0.523. The number of aromatic nitrogens is 5. The van der Waals surface area contributed by atoms with Gasteiger partial charge >= 0.3 is 0 Å². The van der Waals surface area contributed by atoms with E-state index in [0.717, 1.165) is 30.8 Å². The lowest BCUT2D eigenvalue weighted by Crippen LogP contribution is -2.52. The Bertz CT molecular complexity index is 1090. The summed E-state index contributed by atoms with van der Waals surface area (Å²) in [7, 11) is 0. The predicted molar refractivity (Wildman–Crippen MR) is 105 cm³/mol. The molecule has 1 amide bonds. The third-order valence-corrected chi connectivity index (χ3v) is 5.72. The second kappa shape index (κ2) is 7.25. The summed E-state index contributed by atoms with van der Waals surface area (Å²) in [6.07, 6.45) is 4.26. The molecule has 148 valence electrons. The molecule has 9 nitrogen and oxygen atoms in total. The first kappa shape index (κ1) is 17.7. The molecule has 1 fully saturated rings. The quantitative estimate of drug-likeness (QED) is 0.599. The monoisotopic (exact) mass is 391 g/mol. The Labute approximate surface area is 166 Å². The van der Waals surface area contributed by atoms with Crippen molar-refractivity contribution in [3.8, 4) is 11.4 Å². The van der Waals surface area contributed by atoms with E-state index >= 15 is 0 Å². The number of piperidine rings is 1. The topological polar surface area (TPSA) is 118 Å². The van der Waals surface area contributed by atoms with Crippen LogP contribution >= 0.6 is 0 Å². The van der Waals surface area contributed by atoms with Crippen molar-refractivity contribution in [1.29, 1.82) is 0 Å². The lowest BCUT2D eigenvalue weighted by Gasteiger charge is -2.42. The fraction of sp³-hybridized carbons (Fsp3) is 0.350. The van der Waals surface area contributed by atoms with Crippen LogP contribution in [-0.2, 0) is 11.3 Å². The number of rotatable bonds is 4. The number of amides is 1. The van der Waals surface area contributed by atoms with Crippen molar-refractivity contribution in [1.82, 2.24) is 35.4 Å². The number of nitrogens with zero attached hydrogens (tertiary/aromatic N) is 4. The van der Waals surface area contributed by atoms with Crippen LogP contribution in [0.25, 0.3) is 11.4 Å². The highest BCUT2D eigenvalue weighted by atomic mass is 16.2. The van der Waals surface area contributed by atoms with Gasteiger partial charge in [-0.15, -0.1) is 0 Å². The smallest absolute Gasteiger partial charge is 0.251 e. The maximum atomic E-state index is 13.1. The Kier molecular flexibility index (Phi) is 4.44. The molecular weight excluding hydrogens is 370 g/mol. The molecule has 5 heterocycles. The predicted octanol–water partition coefficient (Wildman–Crippen LogP) is 0.593. The first-order valence-corrected chi connectivity index (χ1v) is 9.72. The van der Waals surface area contributed by atoms with Crippen LogP contribution in [0.1, 0.15) is 29.9 Å². The molecular formula is C20H21N7O2. The van der Waals surface area contributed by atoms with E-state index in [9.17, 15) is 9.59 Å². The van der Waals surface area contributed by atoms with Crippen LogP contribution < -0.4 is 16.2 Å². The first-order chi connectivity index (χ1) is 14.2. The number of nitrogens with one attached hydrogen (secondary N) is 3. The summed E-state index contributed by atoms with van der Waals surface area (Å²) in [6.45, 7) is 1.78. The van der Waals surface area contributed by atoms with E-state index < -0.39 is 6.04 Å². The number of carbonyl (C=O) groups is 1. The molecule has 0 radical (unpaired) electrons. The van der Waals surface area contributed by atoms with Gasteiger partial charge < -0.3 is 10.6 Å². The van der Waals surface area contributed by atoms with Gasteiger partial charge in [0.25, 0.3) is 5.56 Å². The van der Waals surface area contributed by atoms with Crippen LogP contribution in [0.2, 0.25) is 0 Å². The van der Waals surface area contributed by atoms with Gasteiger partial charge in [0, 0.05) is 54.6 Å². The van der Waals surface area contributed by atoms with E-state index in [1.807, 2.05) is 18.2 Å². The summed E-state index contributed by atoms with van der Waals surface area (Å²) >= 11 is 0. The fourth-order valence-electron chi connectivity index (χ4n) is 4.41. The molecule has 3 aromatic rings. The van der Waals surface area contributed by atoms with Gasteiger partial charge in [0.15, 0.2) is 5.82 Å². The molecule has 1 saturated heterocycles. The highest BCUT2D eigenvalue weighted by Gasteiger charge is 2.41. The van der Waals surface area contributed by atoms with E-state index in [-0.39, 0.29) is 29.8 Å². The number of hydrogen-bond acceptors (Lipinski definition) is 6. The number of fused-ring (bicyclic) bond motifs is 4. The molecule has 3 aromatic heterocycles. The second-order valence-corrected chi connectivity index (χ2v) is 7.51. The van der Waals surface area contributed by atoms with Crippen LogP contribution in [0.5, 0.6) is 0 Å². The number of carbonyl (C=O) groups excluding carboxylic acids is 1. The van der Waals surface area contributed by atoms with E-state index in [1.54, 1.807) is 23.0 Å². The van der Waals surface area contributed by atoms with E-state index in [4.69, 9.17) is 0 Å². The number of aromatic amines is 1. The summed E-state index contributed by atoms with van der Waals surface area (Å²) in [5, 5.41) is 13.4. The Hall–Kier alpha value is -3.33. The maximum absolute atomic E-state index is 13.1. The zero-order chi connectivity index (χ0) is 19.8. The maximum Gasteiger partial charge on any atom is 0.251 e. The highest BCUT2D eigenvalue weighted by Crippen LogP contribution is 2.38. The van der Waals surface area contributed by atoms with Crippen LogP contribution in [0, 0.1) is 5.92 Å². The minimum Gasteiger partial charge on any atom is -0.347 e. The van der Waals surface area contributed by atoms with Crippen molar-refractivity contribution in [3.63, 3.8) is 0 Å². The van der Waals surface area contributed by atoms with Gasteiger partial charge in [0.2, 0.25) is 5.91 Å². The fourth-order valence-corrected chi connectivity index (χ4v) is 4.41. The average Bonchev–Trinajstić information content (AvgIpc) is 3.23. The van der Waals surface area contributed by atoms with E-state index in [0.29, 0.717) is 11.6 Å². The molecule has 2 aliphatic rings. The summed E-state index contributed by atoms with van der Waals surface area (Å²) in [6, 6.07) is 8.37. The van der Waals surface area contributed by atoms with Crippen LogP contribution in [0.3, 0.4) is 0 Å². The number of pyridine rings is 2. The van der Waals surface area contributed by atoms with Crippen LogP contribution in [0.4, 0.5) is 0 Å². The normalized spacial score (nSPS) is 22.7. The van der Waals surface area contributed by atoms with Gasteiger partial charge in [-0.1, -0.05) is 6.07 Å². The van der Waals surface area contributed by atoms with Crippen LogP contribution in [0.15, 0.2) is 47.5 Å². The highest BCUT2D eigenvalue weighted by molar-refractivity contribution is 5.81. The summed E-state index contributed by atoms with van der Waals surface area (Å²) in [5.41, 5.74) is 1.65. The Morgan fingerprint density at radius 2 is 2.07 bits per heavy atom. The number of hydrogen-bond donors (Lipinski definition) is 3. The van der Waals surface area contributed by atoms with Crippen molar-refractivity contribution in [2.24, 2.45) is 5.92 Å². The summed E-state index contributed by atoms with van der Waals surface area (Å²) < 4.78 is 1.68. The Balaban J connectivity index is 1.36. The van der Waals surface area contributed by atoms with Gasteiger partial charge in [-0.05, 0) is 24.6 Å². The SMILES string of the molecule is O=C(NCc1nc(-c2ccncc2)n[nH]1)[C@H]1[C@@H]2CNC[C@@H](C2)c2cccc(=O)n21. The van der Waals surface area contributed by atoms with Gasteiger partial charge in [0.05, 0.1) is 6.54 Å². The van der Waals surface area contributed by atoms with Crippen molar-refractivity contribution in [2.45, 2.75) is 24.9 Å². The van der Waals surface area contributed by atoms with Crippen LogP contribution in [-0.4, -0.2) is 43.7 Å². The summed E-state index contributed by atoms with van der Waals surface area (Å²) in [5.74, 6) is 1.29. The van der Waals surface area contributed by atoms with Crippen molar-refractivity contribution >= 4 is 5.91 Å². The molecule has 5 rings (SSSR count). The lowest BCUT2D eigenvalue weighted by atomic mass is 9.79. The average molecular weight is 391 g/mol. The molecule has 0 aromatic carbocycles. The zero-order valence-electron chi connectivity index (χ0n) is 15.7. The third kappa shape index (κ3) is 3.23. The largest absolute Gasteiger partial charge is 0.347 e. The minimum absolute atomic E-state index is 0.0865. The molecule has 0 aliphatic carbocycles. The molecule has 3 atom stereocenters. The van der Waals surface area contributed by atoms with Crippen molar-refractivity contribution < 1.29 is 4.79 Å². The molecule has 3 N–H and O–H groups in total.